The van der Waals surface area contributed by atoms with E-state index in [0.29, 0.717) is 13.0 Å². The van der Waals surface area contributed by atoms with Crippen molar-refractivity contribution < 1.29 is 22.7 Å². The number of carbonyl (C=O) groups is 1. The fourth-order valence-electron chi connectivity index (χ4n) is 1.95. The zero-order chi connectivity index (χ0) is 16.2. The third-order valence-corrected chi connectivity index (χ3v) is 3.88. The molecule has 1 rings (SSSR count). The van der Waals surface area contributed by atoms with Crippen LogP contribution >= 0.6 is 0 Å². The first kappa shape index (κ1) is 17.4. The first-order chi connectivity index (χ1) is 9.62. The maximum atomic E-state index is 14.1. The molecule has 6 nitrogen and oxygen atoms in total. The van der Waals surface area contributed by atoms with Gasteiger partial charge in [0.15, 0.2) is 0 Å². The van der Waals surface area contributed by atoms with Crippen molar-refractivity contribution in [3.8, 4) is 0 Å². The highest BCUT2D eigenvalue weighted by Crippen LogP contribution is 2.24. The molecular weight excluding hydrogens is 299 g/mol. The van der Waals surface area contributed by atoms with Crippen molar-refractivity contribution in [1.29, 1.82) is 0 Å². The Morgan fingerprint density at radius 2 is 2.05 bits per heavy atom. The van der Waals surface area contributed by atoms with Gasteiger partial charge >= 0.3 is 5.97 Å². The molecular formula is C13H19FN2O4S. The van der Waals surface area contributed by atoms with Crippen molar-refractivity contribution in [2.45, 2.75) is 37.6 Å². The van der Waals surface area contributed by atoms with Crippen molar-refractivity contribution in [2.24, 2.45) is 5.14 Å². The highest BCUT2D eigenvalue weighted by molar-refractivity contribution is 7.89. The van der Waals surface area contributed by atoms with E-state index in [9.17, 15) is 17.6 Å². The lowest BCUT2D eigenvalue weighted by molar-refractivity contribution is -0.137. The number of hydrogen-bond acceptors (Lipinski definition) is 4. The summed E-state index contributed by atoms with van der Waals surface area (Å²) < 4.78 is 36.5. The normalized spacial score (nSPS) is 11.7. The maximum Gasteiger partial charge on any atom is 0.303 e. The number of benzene rings is 1. The fourth-order valence-corrected chi connectivity index (χ4v) is 2.48. The van der Waals surface area contributed by atoms with E-state index in [1.807, 2.05) is 13.8 Å². The minimum Gasteiger partial charge on any atom is -0.481 e. The topological polar surface area (TPSA) is 101 Å². The largest absolute Gasteiger partial charge is 0.481 e. The number of primary sulfonamides is 1. The number of carboxylic acids is 1. The number of nitrogens with two attached hydrogens (primary N) is 1. The molecule has 0 fully saturated rings. The van der Waals surface area contributed by atoms with Crippen LogP contribution in [0.1, 0.15) is 26.7 Å². The SMILES string of the molecule is CC(C)N(CCCC(=O)O)c1ccc(S(N)(=O)=O)cc1F. The molecule has 0 saturated carbocycles. The van der Waals surface area contributed by atoms with Gasteiger partial charge in [-0.15, -0.1) is 0 Å². The second-order valence-electron chi connectivity index (χ2n) is 4.94. The molecule has 0 aliphatic heterocycles. The molecule has 0 bridgehead atoms. The number of hydrogen-bond donors (Lipinski definition) is 2. The van der Waals surface area contributed by atoms with Crippen molar-refractivity contribution in [2.75, 3.05) is 11.4 Å². The van der Waals surface area contributed by atoms with E-state index < -0.39 is 21.8 Å². The molecule has 0 aliphatic carbocycles. The van der Waals surface area contributed by atoms with Crippen molar-refractivity contribution in [3.05, 3.63) is 24.0 Å². The number of carboxylic acid groups (broad SMARTS) is 1. The van der Waals surface area contributed by atoms with Crippen LogP contribution in [0.4, 0.5) is 10.1 Å². The van der Waals surface area contributed by atoms with Gasteiger partial charge in [0.2, 0.25) is 10.0 Å². The van der Waals surface area contributed by atoms with Gasteiger partial charge in [0.05, 0.1) is 10.6 Å². The third-order valence-electron chi connectivity index (χ3n) is 2.97. The number of rotatable bonds is 7. The first-order valence-corrected chi connectivity index (χ1v) is 7.98. The van der Waals surface area contributed by atoms with Crippen molar-refractivity contribution in [3.63, 3.8) is 0 Å². The summed E-state index contributed by atoms with van der Waals surface area (Å²) in [7, 11) is -3.95. The summed E-state index contributed by atoms with van der Waals surface area (Å²) in [5.74, 6) is -1.62. The van der Waals surface area contributed by atoms with Crippen LogP contribution in [0.3, 0.4) is 0 Å². The summed E-state index contributed by atoms with van der Waals surface area (Å²) in [5.41, 5.74) is 0.225. The van der Waals surface area contributed by atoms with Gasteiger partial charge in [-0.3, -0.25) is 4.79 Å². The number of anilines is 1. The molecule has 8 heteroatoms. The Hall–Kier alpha value is -1.67. The Bertz CT molecular complexity index is 617. The Morgan fingerprint density at radius 3 is 2.48 bits per heavy atom. The van der Waals surface area contributed by atoms with Gasteiger partial charge < -0.3 is 10.0 Å². The standard InChI is InChI=1S/C13H19FN2O4S/c1-9(2)16(7-3-4-13(17)18)12-6-5-10(8-11(12)14)21(15,19)20/h5-6,8-9H,3-4,7H2,1-2H3,(H,17,18)(H2,15,19,20). The molecule has 0 aliphatic rings. The molecule has 0 atom stereocenters. The molecule has 1 aromatic carbocycles. The Balaban J connectivity index is 3.01. The summed E-state index contributed by atoms with van der Waals surface area (Å²) >= 11 is 0. The molecule has 0 radical (unpaired) electrons. The van der Waals surface area contributed by atoms with Gasteiger partial charge in [-0.1, -0.05) is 0 Å². The van der Waals surface area contributed by atoms with E-state index >= 15 is 0 Å². The van der Waals surface area contributed by atoms with Crippen LogP contribution in [0, 0.1) is 5.82 Å². The Kier molecular flexibility index (Phi) is 5.68. The second-order valence-corrected chi connectivity index (χ2v) is 6.50. The van der Waals surface area contributed by atoms with Crippen LogP contribution in [0.5, 0.6) is 0 Å². The molecule has 0 saturated heterocycles. The minimum absolute atomic E-state index is 0.0138. The number of sulfonamides is 1. The fraction of sp³-hybridized carbons (Fsp3) is 0.462. The molecule has 0 spiro atoms. The smallest absolute Gasteiger partial charge is 0.303 e. The van der Waals surface area contributed by atoms with Crippen LogP contribution in [-0.4, -0.2) is 32.1 Å². The third kappa shape index (κ3) is 4.98. The Labute approximate surface area is 123 Å². The predicted molar refractivity (Wildman–Crippen MR) is 77.1 cm³/mol. The number of halogens is 1. The van der Waals surface area contributed by atoms with Gasteiger partial charge in [0, 0.05) is 19.0 Å². The lowest BCUT2D eigenvalue weighted by Gasteiger charge is -2.29. The summed E-state index contributed by atoms with van der Waals surface area (Å²) in [6.07, 6.45) is 0.351. The summed E-state index contributed by atoms with van der Waals surface area (Å²) in [6.45, 7) is 4.04. The maximum absolute atomic E-state index is 14.1. The van der Waals surface area contributed by atoms with Crippen molar-refractivity contribution in [1.82, 2.24) is 0 Å². The van der Waals surface area contributed by atoms with E-state index in [1.54, 1.807) is 4.90 Å². The number of aliphatic carboxylic acids is 1. The van der Waals surface area contributed by atoms with Crippen LogP contribution in [0.15, 0.2) is 23.1 Å². The molecule has 0 aromatic heterocycles. The molecule has 0 unspecified atom stereocenters. The molecule has 21 heavy (non-hydrogen) atoms. The molecule has 118 valence electrons. The van der Waals surface area contributed by atoms with Crippen LogP contribution in [0.25, 0.3) is 0 Å². The first-order valence-electron chi connectivity index (χ1n) is 6.43. The van der Waals surface area contributed by atoms with Gasteiger partial charge in [0.1, 0.15) is 5.82 Å². The van der Waals surface area contributed by atoms with Crippen LogP contribution in [0.2, 0.25) is 0 Å². The van der Waals surface area contributed by atoms with Gasteiger partial charge in [-0.25, -0.2) is 17.9 Å². The second kappa shape index (κ2) is 6.86. The lowest BCUT2D eigenvalue weighted by atomic mass is 10.2. The molecule has 3 N–H and O–H groups in total. The predicted octanol–water partition coefficient (Wildman–Crippen LogP) is 1.55. The minimum atomic E-state index is -3.95. The van der Waals surface area contributed by atoms with E-state index in [4.69, 9.17) is 10.2 Å². The van der Waals surface area contributed by atoms with Crippen molar-refractivity contribution >= 4 is 21.7 Å². The van der Waals surface area contributed by atoms with E-state index in [0.717, 1.165) is 6.07 Å². The molecule has 1 aromatic rings. The zero-order valence-corrected chi connectivity index (χ0v) is 12.7. The van der Waals surface area contributed by atoms with E-state index in [2.05, 4.69) is 0 Å². The summed E-state index contributed by atoms with van der Waals surface area (Å²) in [5, 5.41) is 13.6. The van der Waals surface area contributed by atoms with E-state index in [-0.39, 0.29) is 23.0 Å². The van der Waals surface area contributed by atoms with Gasteiger partial charge in [-0.2, -0.15) is 0 Å². The zero-order valence-electron chi connectivity index (χ0n) is 11.9. The average molecular weight is 318 g/mol. The average Bonchev–Trinajstić information content (AvgIpc) is 2.33. The monoisotopic (exact) mass is 318 g/mol. The quantitative estimate of drug-likeness (QED) is 0.794. The van der Waals surface area contributed by atoms with Gasteiger partial charge in [0.25, 0.3) is 0 Å². The summed E-state index contributed by atoms with van der Waals surface area (Å²) in [4.78, 5) is 11.9. The van der Waals surface area contributed by atoms with Crippen LogP contribution in [-0.2, 0) is 14.8 Å². The van der Waals surface area contributed by atoms with Gasteiger partial charge in [-0.05, 0) is 38.5 Å². The summed E-state index contributed by atoms with van der Waals surface area (Å²) in [6, 6.07) is 3.39. The van der Waals surface area contributed by atoms with Crippen LogP contribution < -0.4 is 10.0 Å². The molecule has 0 amide bonds. The highest BCUT2D eigenvalue weighted by atomic mass is 32.2. The highest BCUT2D eigenvalue weighted by Gasteiger charge is 2.18. The number of nitrogens with zero attached hydrogens (tertiary/aromatic N) is 1. The molecule has 0 heterocycles. The lowest BCUT2D eigenvalue weighted by Crippen LogP contribution is -2.33. The van der Waals surface area contributed by atoms with E-state index in [1.165, 1.54) is 12.1 Å². The Morgan fingerprint density at radius 1 is 1.43 bits per heavy atom.